The molecule has 1 aromatic rings. The van der Waals surface area contributed by atoms with Crippen molar-refractivity contribution >= 4 is 0 Å². The highest BCUT2D eigenvalue weighted by atomic mass is 15.2. The van der Waals surface area contributed by atoms with Gasteiger partial charge in [0.05, 0.1) is 0 Å². The molecule has 2 heteroatoms. The molecule has 0 saturated carbocycles. The molecule has 2 nitrogen and oxygen atoms in total. The van der Waals surface area contributed by atoms with E-state index < -0.39 is 0 Å². The highest BCUT2D eigenvalue weighted by Crippen LogP contribution is 2.12. The SMILES string of the molecule is CC(C)N(CCc1ccccc1CN)C(C)C. The summed E-state index contributed by atoms with van der Waals surface area (Å²) in [5, 5.41) is 0. The molecule has 0 spiro atoms. The Labute approximate surface area is 106 Å². The van der Waals surface area contributed by atoms with Gasteiger partial charge >= 0.3 is 0 Å². The van der Waals surface area contributed by atoms with Crippen LogP contribution in [0.3, 0.4) is 0 Å². The van der Waals surface area contributed by atoms with E-state index in [0.29, 0.717) is 18.6 Å². The largest absolute Gasteiger partial charge is 0.326 e. The van der Waals surface area contributed by atoms with Crippen molar-refractivity contribution in [3.8, 4) is 0 Å². The van der Waals surface area contributed by atoms with Gasteiger partial charge in [-0.15, -0.1) is 0 Å². The number of benzene rings is 1. The van der Waals surface area contributed by atoms with Crippen molar-refractivity contribution in [1.82, 2.24) is 4.90 Å². The highest BCUT2D eigenvalue weighted by Gasteiger charge is 2.13. The molecule has 1 rings (SSSR count). The number of hydrogen-bond donors (Lipinski definition) is 1. The van der Waals surface area contributed by atoms with Gasteiger partial charge in [-0.05, 0) is 45.2 Å². The Kier molecular flexibility index (Phi) is 5.66. The van der Waals surface area contributed by atoms with Gasteiger partial charge in [-0.3, -0.25) is 4.90 Å². The zero-order chi connectivity index (χ0) is 12.8. The first-order valence-corrected chi connectivity index (χ1v) is 6.58. The zero-order valence-corrected chi connectivity index (χ0v) is 11.6. The quantitative estimate of drug-likeness (QED) is 0.820. The predicted molar refractivity (Wildman–Crippen MR) is 75.0 cm³/mol. The van der Waals surface area contributed by atoms with Crippen LogP contribution in [0.25, 0.3) is 0 Å². The van der Waals surface area contributed by atoms with Gasteiger partial charge in [0.25, 0.3) is 0 Å². The van der Waals surface area contributed by atoms with Crippen molar-refractivity contribution < 1.29 is 0 Å². The minimum absolute atomic E-state index is 0.597. The fraction of sp³-hybridized carbons (Fsp3) is 0.600. The molecule has 0 aliphatic heterocycles. The molecule has 0 heterocycles. The van der Waals surface area contributed by atoms with E-state index in [4.69, 9.17) is 5.73 Å². The van der Waals surface area contributed by atoms with Gasteiger partial charge in [0.15, 0.2) is 0 Å². The summed E-state index contributed by atoms with van der Waals surface area (Å²) in [7, 11) is 0. The summed E-state index contributed by atoms with van der Waals surface area (Å²) in [5.74, 6) is 0. The number of nitrogens with two attached hydrogens (primary N) is 1. The van der Waals surface area contributed by atoms with E-state index in [1.54, 1.807) is 0 Å². The Morgan fingerprint density at radius 2 is 1.53 bits per heavy atom. The van der Waals surface area contributed by atoms with Gasteiger partial charge < -0.3 is 5.73 Å². The first-order chi connectivity index (χ1) is 8.06. The van der Waals surface area contributed by atoms with E-state index in [2.05, 4.69) is 56.9 Å². The summed E-state index contributed by atoms with van der Waals surface area (Å²) in [6, 6.07) is 9.68. The standard InChI is InChI=1S/C15H26N2/c1-12(2)17(13(3)4)10-9-14-7-5-6-8-15(14)11-16/h5-8,12-13H,9-11,16H2,1-4H3. The molecule has 0 fully saturated rings. The molecular formula is C15H26N2. The summed E-state index contributed by atoms with van der Waals surface area (Å²) in [4.78, 5) is 2.52. The minimum Gasteiger partial charge on any atom is -0.326 e. The van der Waals surface area contributed by atoms with E-state index in [-0.39, 0.29) is 0 Å². The summed E-state index contributed by atoms with van der Waals surface area (Å²) >= 11 is 0. The summed E-state index contributed by atoms with van der Waals surface area (Å²) in [5.41, 5.74) is 8.43. The summed E-state index contributed by atoms with van der Waals surface area (Å²) in [6.45, 7) is 10.8. The second-order valence-electron chi connectivity index (χ2n) is 5.15. The first kappa shape index (κ1) is 14.2. The molecule has 17 heavy (non-hydrogen) atoms. The molecule has 0 saturated heterocycles. The van der Waals surface area contributed by atoms with Crippen LogP contribution in [-0.4, -0.2) is 23.5 Å². The molecule has 0 aliphatic carbocycles. The molecule has 0 amide bonds. The molecule has 96 valence electrons. The van der Waals surface area contributed by atoms with E-state index in [9.17, 15) is 0 Å². The Morgan fingerprint density at radius 3 is 2.00 bits per heavy atom. The fourth-order valence-corrected chi connectivity index (χ4v) is 2.36. The molecule has 0 atom stereocenters. The van der Waals surface area contributed by atoms with Crippen molar-refractivity contribution in [2.45, 2.75) is 52.7 Å². The lowest BCUT2D eigenvalue weighted by Gasteiger charge is -2.30. The summed E-state index contributed by atoms with van der Waals surface area (Å²) < 4.78 is 0. The van der Waals surface area contributed by atoms with Crippen molar-refractivity contribution in [2.75, 3.05) is 6.54 Å². The third-order valence-corrected chi connectivity index (χ3v) is 3.30. The zero-order valence-electron chi connectivity index (χ0n) is 11.6. The van der Waals surface area contributed by atoms with Crippen molar-refractivity contribution in [2.24, 2.45) is 5.73 Å². The van der Waals surface area contributed by atoms with Crippen molar-refractivity contribution in [3.63, 3.8) is 0 Å². The van der Waals surface area contributed by atoms with Gasteiger partial charge in [0.1, 0.15) is 0 Å². The van der Waals surface area contributed by atoms with Crippen LogP contribution in [0.4, 0.5) is 0 Å². The number of rotatable bonds is 6. The number of hydrogen-bond acceptors (Lipinski definition) is 2. The molecule has 0 aromatic heterocycles. The van der Waals surface area contributed by atoms with Crippen molar-refractivity contribution in [3.05, 3.63) is 35.4 Å². The summed E-state index contributed by atoms with van der Waals surface area (Å²) in [6.07, 6.45) is 1.09. The first-order valence-electron chi connectivity index (χ1n) is 6.58. The minimum atomic E-state index is 0.597. The normalized spacial score (nSPS) is 11.8. The van der Waals surface area contributed by atoms with E-state index in [1.807, 2.05) is 0 Å². The van der Waals surface area contributed by atoms with Crippen molar-refractivity contribution in [1.29, 1.82) is 0 Å². The molecule has 0 aliphatic rings. The lowest BCUT2D eigenvalue weighted by molar-refractivity contribution is 0.177. The van der Waals surface area contributed by atoms with E-state index in [0.717, 1.165) is 13.0 Å². The van der Waals surface area contributed by atoms with Gasteiger partial charge in [0.2, 0.25) is 0 Å². The van der Waals surface area contributed by atoms with Crippen LogP contribution >= 0.6 is 0 Å². The maximum absolute atomic E-state index is 5.76. The predicted octanol–water partition coefficient (Wildman–Crippen LogP) is 2.81. The average Bonchev–Trinajstić information content (AvgIpc) is 2.29. The molecule has 0 bridgehead atoms. The van der Waals surface area contributed by atoms with Crippen LogP contribution in [0.2, 0.25) is 0 Å². The van der Waals surface area contributed by atoms with Crippen LogP contribution in [0.1, 0.15) is 38.8 Å². The van der Waals surface area contributed by atoms with Crippen LogP contribution in [0.5, 0.6) is 0 Å². The average molecular weight is 234 g/mol. The Bertz CT molecular complexity index is 323. The Morgan fingerprint density at radius 1 is 1.00 bits per heavy atom. The maximum atomic E-state index is 5.76. The Balaban J connectivity index is 2.65. The van der Waals surface area contributed by atoms with Gasteiger partial charge in [-0.1, -0.05) is 24.3 Å². The monoisotopic (exact) mass is 234 g/mol. The molecule has 0 unspecified atom stereocenters. The van der Waals surface area contributed by atoms with Crippen LogP contribution in [-0.2, 0) is 13.0 Å². The van der Waals surface area contributed by atoms with Crippen LogP contribution in [0, 0.1) is 0 Å². The molecule has 2 N–H and O–H groups in total. The maximum Gasteiger partial charge on any atom is 0.0180 e. The van der Waals surface area contributed by atoms with Gasteiger partial charge in [-0.25, -0.2) is 0 Å². The molecule has 0 radical (unpaired) electrons. The Hall–Kier alpha value is -0.860. The molecular weight excluding hydrogens is 208 g/mol. The highest BCUT2D eigenvalue weighted by molar-refractivity contribution is 5.27. The topological polar surface area (TPSA) is 29.3 Å². The number of nitrogens with zero attached hydrogens (tertiary/aromatic N) is 1. The lowest BCUT2D eigenvalue weighted by atomic mass is 10.0. The van der Waals surface area contributed by atoms with Gasteiger partial charge in [0, 0.05) is 25.2 Å². The smallest absolute Gasteiger partial charge is 0.0180 e. The van der Waals surface area contributed by atoms with Gasteiger partial charge in [-0.2, -0.15) is 0 Å². The molecule has 1 aromatic carbocycles. The lowest BCUT2D eigenvalue weighted by Crippen LogP contribution is -2.38. The van der Waals surface area contributed by atoms with Crippen LogP contribution in [0.15, 0.2) is 24.3 Å². The third-order valence-electron chi connectivity index (χ3n) is 3.30. The van der Waals surface area contributed by atoms with E-state index in [1.165, 1.54) is 11.1 Å². The second-order valence-corrected chi connectivity index (χ2v) is 5.15. The third kappa shape index (κ3) is 4.14. The second kappa shape index (κ2) is 6.77. The fourth-order valence-electron chi connectivity index (χ4n) is 2.36. The van der Waals surface area contributed by atoms with Crippen LogP contribution < -0.4 is 5.73 Å². The van der Waals surface area contributed by atoms with E-state index >= 15 is 0 Å².